The molecule has 0 aromatic carbocycles. The summed E-state index contributed by atoms with van der Waals surface area (Å²) in [5, 5.41) is 5.09. The Morgan fingerprint density at radius 3 is 2.40 bits per heavy atom. The van der Waals surface area contributed by atoms with Gasteiger partial charge in [-0.05, 0) is 6.42 Å². The van der Waals surface area contributed by atoms with Gasteiger partial charge in [-0.1, -0.05) is 0 Å². The third-order valence-electron chi connectivity index (χ3n) is 3.05. The molecule has 0 spiro atoms. The van der Waals surface area contributed by atoms with Gasteiger partial charge in [-0.2, -0.15) is 12.7 Å². The minimum absolute atomic E-state index is 0.312. The molecule has 2 aliphatic rings. The van der Waals surface area contributed by atoms with Gasteiger partial charge >= 0.3 is 0 Å². The molecule has 0 saturated carbocycles. The van der Waals surface area contributed by atoms with E-state index < -0.39 is 10.2 Å². The lowest BCUT2D eigenvalue weighted by Crippen LogP contribution is -2.45. The summed E-state index contributed by atoms with van der Waals surface area (Å²) in [7, 11) is -3.50. The lowest BCUT2D eigenvalue weighted by atomic mass is 10.2. The van der Waals surface area contributed by atoms with E-state index in [4.69, 9.17) is 9.88 Å². The molecule has 7 heteroatoms. The number of nitrogens with zero attached hydrogens (tertiary/aromatic N) is 2. The van der Waals surface area contributed by atoms with Gasteiger partial charge in [0.1, 0.15) is 0 Å². The van der Waals surface area contributed by atoms with Crippen LogP contribution in [0.3, 0.4) is 0 Å². The van der Waals surface area contributed by atoms with E-state index in [0.717, 1.165) is 32.7 Å². The van der Waals surface area contributed by atoms with Gasteiger partial charge in [0.15, 0.2) is 0 Å². The molecule has 1 unspecified atom stereocenters. The largest absolute Gasteiger partial charge is 0.379 e. The van der Waals surface area contributed by atoms with Crippen LogP contribution in [0.5, 0.6) is 0 Å². The third kappa shape index (κ3) is 2.67. The van der Waals surface area contributed by atoms with E-state index in [1.54, 1.807) is 0 Å². The normalized spacial score (nSPS) is 30.9. The molecule has 6 nitrogen and oxygen atoms in total. The summed E-state index contributed by atoms with van der Waals surface area (Å²) < 4.78 is 28.9. The van der Waals surface area contributed by atoms with Crippen LogP contribution in [0, 0.1) is 0 Å². The van der Waals surface area contributed by atoms with Crippen molar-refractivity contribution in [1.82, 2.24) is 9.21 Å². The van der Waals surface area contributed by atoms with Gasteiger partial charge in [-0.25, -0.2) is 5.14 Å². The molecule has 2 saturated heterocycles. The average Bonchev–Trinajstić information content (AvgIpc) is 2.67. The number of morpholine rings is 1. The fraction of sp³-hybridized carbons (Fsp3) is 1.00. The van der Waals surface area contributed by atoms with Crippen LogP contribution in [0.4, 0.5) is 0 Å². The Balaban J connectivity index is 1.92. The zero-order valence-corrected chi connectivity index (χ0v) is 9.45. The Bertz CT molecular complexity index is 313. The number of ether oxygens (including phenoxy) is 1. The topological polar surface area (TPSA) is 75.9 Å². The Morgan fingerprint density at radius 1 is 1.20 bits per heavy atom. The van der Waals surface area contributed by atoms with Crippen molar-refractivity contribution in [2.45, 2.75) is 12.5 Å². The van der Waals surface area contributed by atoms with Crippen LogP contribution in [0.15, 0.2) is 0 Å². The van der Waals surface area contributed by atoms with Crippen LogP contribution >= 0.6 is 0 Å². The predicted octanol–water partition coefficient (Wildman–Crippen LogP) is -1.40. The second-order valence-electron chi connectivity index (χ2n) is 3.99. The molecule has 2 rings (SSSR count). The fourth-order valence-electron chi connectivity index (χ4n) is 2.18. The summed E-state index contributed by atoms with van der Waals surface area (Å²) in [4.78, 5) is 2.29. The molecule has 0 amide bonds. The second-order valence-corrected chi connectivity index (χ2v) is 5.54. The quantitative estimate of drug-likeness (QED) is 0.638. The van der Waals surface area contributed by atoms with Gasteiger partial charge in [0.2, 0.25) is 0 Å². The number of rotatable bonds is 2. The Morgan fingerprint density at radius 2 is 1.87 bits per heavy atom. The van der Waals surface area contributed by atoms with Crippen LogP contribution in [-0.2, 0) is 14.9 Å². The first kappa shape index (κ1) is 11.3. The maximum absolute atomic E-state index is 11.1. The molecule has 2 fully saturated rings. The van der Waals surface area contributed by atoms with E-state index in [2.05, 4.69) is 4.90 Å². The Kier molecular flexibility index (Phi) is 3.27. The molecule has 1 atom stereocenters. The molecule has 0 aromatic heterocycles. The van der Waals surface area contributed by atoms with Gasteiger partial charge < -0.3 is 4.74 Å². The molecule has 0 radical (unpaired) electrons. The van der Waals surface area contributed by atoms with Crippen molar-refractivity contribution in [3.63, 3.8) is 0 Å². The highest BCUT2D eigenvalue weighted by atomic mass is 32.2. The molecule has 0 aromatic rings. The molecule has 15 heavy (non-hydrogen) atoms. The van der Waals surface area contributed by atoms with Gasteiger partial charge in [-0.3, -0.25) is 4.90 Å². The monoisotopic (exact) mass is 235 g/mol. The summed E-state index contributed by atoms with van der Waals surface area (Å²) in [6.45, 7) is 4.34. The molecular weight excluding hydrogens is 218 g/mol. The Hall–Kier alpha value is -0.210. The molecule has 88 valence electrons. The van der Waals surface area contributed by atoms with Crippen LogP contribution in [0.25, 0.3) is 0 Å². The highest BCUT2D eigenvalue weighted by molar-refractivity contribution is 7.86. The fourth-order valence-corrected chi connectivity index (χ4v) is 2.92. The Labute approximate surface area is 90.2 Å². The molecule has 2 heterocycles. The van der Waals surface area contributed by atoms with Crippen molar-refractivity contribution in [1.29, 1.82) is 0 Å². The first-order valence-electron chi connectivity index (χ1n) is 5.17. The summed E-state index contributed by atoms with van der Waals surface area (Å²) in [6, 6.07) is 0.312. The lowest BCUT2D eigenvalue weighted by Gasteiger charge is -2.31. The van der Waals surface area contributed by atoms with Crippen molar-refractivity contribution in [2.24, 2.45) is 5.14 Å². The summed E-state index contributed by atoms with van der Waals surface area (Å²) in [5.41, 5.74) is 0. The SMILES string of the molecule is NS(=O)(=O)N1CCC(N2CCOCC2)C1. The number of nitrogens with two attached hydrogens (primary N) is 1. The van der Waals surface area contributed by atoms with Gasteiger partial charge in [0, 0.05) is 32.2 Å². The zero-order valence-electron chi connectivity index (χ0n) is 8.63. The van der Waals surface area contributed by atoms with E-state index in [1.165, 1.54) is 4.31 Å². The summed E-state index contributed by atoms with van der Waals surface area (Å²) in [6.07, 6.45) is 0.871. The molecular formula is C8H17N3O3S. The highest BCUT2D eigenvalue weighted by Crippen LogP contribution is 2.17. The summed E-state index contributed by atoms with van der Waals surface area (Å²) >= 11 is 0. The maximum Gasteiger partial charge on any atom is 0.276 e. The number of hydrogen-bond donors (Lipinski definition) is 1. The molecule has 0 aliphatic carbocycles. The minimum atomic E-state index is -3.50. The van der Waals surface area contributed by atoms with Crippen LogP contribution in [-0.4, -0.2) is 63.1 Å². The van der Waals surface area contributed by atoms with E-state index in [0.29, 0.717) is 19.1 Å². The third-order valence-corrected chi connectivity index (χ3v) is 4.10. The first-order valence-corrected chi connectivity index (χ1v) is 6.67. The van der Waals surface area contributed by atoms with E-state index in [-0.39, 0.29) is 0 Å². The lowest BCUT2D eigenvalue weighted by molar-refractivity contribution is 0.0197. The highest BCUT2D eigenvalue weighted by Gasteiger charge is 2.32. The molecule has 2 aliphatic heterocycles. The number of hydrogen-bond acceptors (Lipinski definition) is 4. The van der Waals surface area contributed by atoms with E-state index in [1.807, 2.05) is 0 Å². The average molecular weight is 235 g/mol. The minimum Gasteiger partial charge on any atom is -0.379 e. The second kappa shape index (κ2) is 4.34. The van der Waals surface area contributed by atoms with Crippen molar-refractivity contribution < 1.29 is 13.2 Å². The summed E-state index contributed by atoms with van der Waals surface area (Å²) in [5.74, 6) is 0. The first-order chi connectivity index (χ1) is 7.07. The molecule has 2 N–H and O–H groups in total. The van der Waals surface area contributed by atoms with Gasteiger partial charge in [-0.15, -0.1) is 0 Å². The smallest absolute Gasteiger partial charge is 0.276 e. The van der Waals surface area contributed by atoms with Crippen molar-refractivity contribution in [3.05, 3.63) is 0 Å². The van der Waals surface area contributed by atoms with E-state index in [9.17, 15) is 8.42 Å². The van der Waals surface area contributed by atoms with Crippen LogP contribution < -0.4 is 5.14 Å². The molecule has 0 bridgehead atoms. The van der Waals surface area contributed by atoms with Crippen molar-refractivity contribution in [2.75, 3.05) is 39.4 Å². The van der Waals surface area contributed by atoms with Crippen LogP contribution in [0.1, 0.15) is 6.42 Å². The predicted molar refractivity (Wildman–Crippen MR) is 55.5 cm³/mol. The van der Waals surface area contributed by atoms with Crippen LogP contribution in [0.2, 0.25) is 0 Å². The van der Waals surface area contributed by atoms with Gasteiger partial charge in [0.25, 0.3) is 10.2 Å². The van der Waals surface area contributed by atoms with Crippen molar-refractivity contribution >= 4 is 10.2 Å². The zero-order chi connectivity index (χ0) is 10.9. The van der Waals surface area contributed by atoms with Crippen molar-refractivity contribution in [3.8, 4) is 0 Å². The standard InChI is InChI=1S/C8H17N3O3S/c9-15(12,13)11-2-1-8(7-11)10-3-5-14-6-4-10/h8H,1-7H2,(H2,9,12,13). The maximum atomic E-state index is 11.1. The van der Waals surface area contributed by atoms with Gasteiger partial charge in [0.05, 0.1) is 13.2 Å². The van der Waals surface area contributed by atoms with E-state index >= 15 is 0 Å².